The van der Waals surface area contributed by atoms with E-state index in [0.717, 1.165) is 5.56 Å². The zero-order valence-electron chi connectivity index (χ0n) is 6.06. The van der Waals surface area contributed by atoms with Crippen molar-refractivity contribution in [3.8, 4) is 6.07 Å². The number of nitrogens with two attached hydrogens (primary N) is 1. The Morgan fingerprint density at radius 3 is 2.64 bits per heavy atom. The van der Waals surface area contributed by atoms with Gasteiger partial charge < -0.3 is 5.73 Å². The lowest BCUT2D eigenvalue weighted by molar-refractivity contribution is 1.40. The summed E-state index contributed by atoms with van der Waals surface area (Å²) in [7, 11) is 0. The van der Waals surface area contributed by atoms with Gasteiger partial charge in [-0.15, -0.1) is 0 Å². The van der Waals surface area contributed by atoms with E-state index in [1.165, 1.54) is 0 Å². The van der Waals surface area contributed by atoms with Crippen LogP contribution in [0, 0.1) is 18.3 Å². The highest BCUT2D eigenvalue weighted by molar-refractivity contribution is 6.31. The molecule has 0 saturated carbocycles. The molecule has 0 bridgehead atoms. The molecule has 2 nitrogen and oxygen atoms in total. The van der Waals surface area contributed by atoms with Gasteiger partial charge in [0.1, 0.15) is 6.07 Å². The third kappa shape index (κ3) is 1.28. The zero-order chi connectivity index (χ0) is 8.43. The van der Waals surface area contributed by atoms with Crippen LogP contribution in [-0.2, 0) is 0 Å². The van der Waals surface area contributed by atoms with Gasteiger partial charge in [-0.25, -0.2) is 0 Å². The van der Waals surface area contributed by atoms with Gasteiger partial charge in [0.05, 0.1) is 10.6 Å². The Balaban J connectivity index is 3.44. The second kappa shape index (κ2) is 2.81. The van der Waals surface area contributed by atoms with Crippen LogP contribution < -0.4 is 5.73 Å². The van der Waals surface area contributed by atoms with Crippen LogP contribution in [0.15, 0.2) is 12.1 Å². The number of hydrogen-bond acceptors (Lipinski definition) is 2. The fourth-order valence-corrected chi connectivity index (χ4v) is 1.08. The van der Waals surface area contributed by atoms with Gasteiger partial charge in [-0.1, -0.05) is 11.6 Å². The first-order valence-corrected chi connectivity index (χ1v) is 3.49. The van der Waals surface area contributed by atoms with Crippen molar-refractivity contribution in [1.29, 1.82) is 5.26 Å². The largest absolute Gasteiger partial charge is 0.398 e. The standard InChI is InChI=1S/C8H7ClN2/c1-5-6(4-10)7(9)2-3-8(5)11/h2-3H,11H2,1H3. The molecule has 1 aromatic rings. The number of rotatable bonds is 0. The average molecular weight is 167 g/mol. The summed E-state index contributed by atoms with van der Waals surface area (Å²) in [5.41, 5.74) is 7.37. The van der Waals surface area contributed by atoms with Gasteiger partial charge in [-0.05, 0) is 24.6 Å². The molecule has 0 atom stereocenters. The Morgan fingerprint density at radius 2 is 2.18 bits per heavy atom. The third-order valence-electron chi connectivity index (χ3n) is 1.57. The Bertz CT molecular complexity index is 326. The number of nitriles is 1. The van der Waals surface area contributed by atoms with Crippen molar-refractivity contribution in [3.63, 3.8) is 0 Å². The molecule has 3 heteroatoms. The minimum Gasteiger partial charge on any atom is -0.398 e. The summed E-state index contributed by atoms with van der Waals surface area (Å²) in [4.78, 5) is 0. The van der Waals surface area contributed by atoms with Crippen molar-refractivity contribution >= 4 is 17.3 Å². The van der Waals surface area contributed by atoms with Gasteiger partial charge in [0.15, 0.2) is 0 Å². The second-order valence-electron chi connectivity index (χ2n) is 2.25. The fourth-order valence-electron chi connectivity index (χ4n) is 0.832. The van der Waals surface area contributed by atoms with E-state index in [-0.39, 0.29) is 0 Å². The van der Waals surface area contributed by atoms with Gasteiger partial charge in [-0.3, -0.25) is 0 Å². The Kier molecular flexibility index (Phi) is 2.02. The number of nitrogen functional groups attached to an aromatic ring is 1. The van der Waals surface area contributed by atoms with E-state index in [4.69, 9.17) is 22.6 Å². The summed E-state index contributed by atoms with van der Waals surface area (Å²) < 4.78 is 0. The van der Waals surface area contributed by atoms with Crippen LogP contribution in [0.5, 0.6) is 0 Å². The highest BCUT2D eigenvalue weighted by Crippen LogP contribution is 2.22. The van der Waals surface area contributed by atoms with Crippen LogP contribution in [0.2, 0.25) is 5.02 Å². The summed E-state index contributed by atoms with van der Waals surface area (Å²) in [6, 6.07) is 5.31. The predicted octanol–water partition coefficient (Wildman–Crippen LogP) is 2.10. The van der Waals surface area contributed by atoms with Crippen molar-refractivity contribution in [2.45, 2.75) is 6.92 Å². The number of benzene rings is 1. The predicted molar refractivity (Wildman–Crippen MR) is 45.3 cm³/mol. The topological polar surface area (TPSA) is 49.8 Å². The summed E-state index contributed by atoms with van der Waals surface area (Å²) in [6.45, 7) is 1.78. The molecule has 0 aliphatic carbocycles. The molecule has 0 radical (unpaired) electrons. The molecular weight excluding hydrogens is 160 g/mol. The van der Waals surface area contributed by atoms with Crippen LogP contribution in [0.3, 0.4) is 0 Å². The third-order valence-corrected chi connectivity index (χ3v) is 1.88. The molecule has 1 aromatic carbocycles. The fraction of sp³-hybridized carbons (Fsp3) is 0.125. The molecule has 56 valence electrons. The quantitative estimate of drug-likeness (QED) is 0.600. The smallest absolute Gasteiger partial charge is 0.101 e. The molecule has 0 unspecified atom stereocenters. The minimum atomic E-state index is 0.458. The molecule has 0 aliphatic heterocycles. The molecule has 0 fully saturated rings. The first-order valence-electron chi connectivity index (χ1n) is 3.11. The summed E-state index contributed by atoms with van der Waals surface area (Å²) >= 11 is 5.72. The van der Waals surface area contributed by atoms with Crippen LogP contribution in [0.4, 0.5) is 5.69 Å². The lowest BCUT2D eigenvalue weighted by Crippen LogP contribution is -1.92. The SMILES string of the molecule is Cc1c(N)ccc(Cl)c1C#N. The van der Waals surface area contributed by atoms with Crippen LogP contribution in [0.25, 0.3) is 0 Å². The molecule has 0 heterocycles. The van der Waals surface area contributed by atoms with Gasteiger partial charge in [0.25, 0.3) is 0 Å². The zero-order valence-corrected chi connectivity index (χ0v) is 6.81. The van der Waals surface area contributed by atoms with E-state index >= 15 is 0 Å². The average Bonchev–Trinajstić information content (AvgIpc) is 1.99. The number of hydrogen-bond donors (Lipinski definition) is 1. The lowest BCUT2D eigenvalue weighted by atomic mass is 10.1. The first-order chi connectivity index (χ1) is 5.16. The summed E-state index contributed by atoms with van der Waals surface area (Å²) in [5, 5.41) is 9.09. The summed E-state index contributed by atoms with van der Waals surface area (Å²) in [6.07, 6.45) is 0. The molecule has 0 aromatic heterocycles. The van der Waals surface area contributed by atoms with Crippen LogP contribution >= 0.6 is 11.6 Å². The van der Waals surface area contributed by atoms with E-state index in [1.807, 2.05) is 6.07 Å². The molecule has 2 N–H and O–H groups in total. The van der Waals surface area contributed by atoms with Crippen LogP contribution in [-0.4, -0.2) is 0 Å². The molecule has 1 rings (SSSR count). The van der Waals surface area contributed by atoms with Crippen molar-refractivity contribution in [2.24, 2.45) is 0 Å². The Morgan fingerprint density at radius 1 is 1.55 bits per heavy atom. The monoisotopic (exact) mass is 166 g/mol. The van der Waals surface area contributed by atoms with Gasteiger partial charge in [0, 0.05) is 5.69 Å². The number of nitrogens with zero attached hydrogens (tertiary/aromatic N) is 1. The minimum absolute atomic E-state index is 0.458. The van der Waals surface area contributed by atoms with Gasteiger partial charge in [0.2, 0.25) is 0 Å². The molecule has 0 amide bonds. The van der Waals surface area contributed by atoms with E-state index in [2.05, 4.69) is 0 Å². The first kappa shape index (κ1) is 7.90. The van der Waals surface area contributed by atoms with Crippen molar-refractivity contribution in [3.05, 3.63) is 28.3 Å². The maximum atomic E-state index is 8.63. The van der Waals surface area contributed by atoms with E-state index in [9.17, 15) is 0 Å². The molecule has 0 saturated heterocycles. The van der Waals surface area contributed by atoms with Crippen molar-refractivity contribution in [1.82, 2.24) is 0 Å². The number of anilines is 1. The van der Waals surface area contributed by atoms with Crippen molar-refractivity contribution < 1.29 is 0 Å². The molecule has 0 spiro atoms. The molecular formula is C8H7ClN2. The van der Waals surface area contributed by atoms with Crippen molar-refractivity contribution in [2.75, 3.05) is 5.73 Å². The maximum Gasteiger partial charge on any atom is 0.101 e. The van der Waals surface area contributed by atoms with Gasteiger partial charge in [-0.2, -0.15) is 5.26 Å². The van der Waals surface area contributed by atoms with E-state index < -0.39 is 0 Å². The Labute approximate surface area is 70.2 Å². The highest BCUT2D eigenvalue weighted by atomic mass is 35.5. The summed E-state index contributed by atoms with van der Waals surface area (Å²) in [5.74, 6) is 0. The normalized spacial score (nSPS) is 9.18. The highest BCUT2D eigenvalue weighted by Gasteiger charge is 2.04. The van der Waals surface area contributed by atoms with Gasteiger partial charge >= 0.3 is 0 Å². The molecule has 0 aliphatic rings. The Hall–Kier alpha value is -1.20. The molecule has 11 heavy (non-hydrogen) atoms. The maximum absolute atomic E-state index is 8.63. The van der Waals surface area contributed by atoms with E-state index in [0.29, 0.717) is 16.3 Å². The second-order valence-corrected chi connectivity index (χ2v) is 2.66. The number of halogens is 1. The van der Waals surface area contributed by atoms with Crippen LogP contribution in [0.1, 0.15) is 11.1 Å². The lowest BCUT2D eigenvalue weighted by Gasteiger charge is -2.02. The van der Waals surface area contributed by atoms with E-state index in [1.54, 1.807) is 19.1 Å².